The molecule has 7 nitrogen and oxygen atoms in total. The molecule has 3 atom stereocenters. The van der Waals surface area contributed by atoms with E-state index in [1.54, 1.807) is 25.7 Å². The average Bonchev–Trinajstić information content (AvgIpc) is 3.07. The number of carboxylic acids is 1. The van der Waals surface area contributed by atoms with E-state index in [2.05, 4.69) is 25.2 Å². The van der Waals surface area contributed by atoms with Crippen molar-refractivity contribution in [2.24, 2.45) is 17.6 Å². The van der Waals surface area contributed by atoms with Crippen LogP contribution in [0.5, 0.6) is 0 Å². The molecular formula is C22H40N2O5. The third kappa shape index (κ3) is 12.2. The number of carbonyl (C=O) groups excluding carboxylic acids is 2. The Hall–Kier alpha value is -2.05. The van der Waals surface area contributed by atoms with Crippen molar-refractivity contribution in [1.29, 1.82) is 0 Å². The summed E-state index contributed by atoms with van der Waals surface area (Å²) < 4.78 is 4.58. The maximum Gasteiger partial charge on any atom is 0.405 e. The molecule has 0 aromatic rings. The van der Waals surface area contributed by atoms with Gasteiger partial charge < -0.3 is 20.5 Å². The number of rotatable bonds is 9. The minimum absolute atomic E-state index is 0.0164. The molecule has 0 aliphatic carbocycles. The van der Waals surface area contributed by atoms with Gasteiger partial charge in [-0.1, -0.05) is 26.3 Å². The van der Waals surface area contributed by atoms with Crippen LogP contribution in [0.3, 0.4) is 0 Å². The second-order valence-electron chi connectivity index (χ2n) is 8.80. The molecule has 0 aromatic heterocycles. The molecular weight excluding hydrogens is 372 g/mol. The Kier molecular flexibility index (Phi) is 12.3. The molecule has 0 bridgehead atoms. The van der Waals surface area contributed by atoms with Crippen LogP contribution in [0.2, 0.25) is 0 Å². The lowest BCUT2D eigenvalue weighted by molar-refractivity contribution is -0.148. The van der Waals surface area contributed by atoms with Gasteiger partial charge in [0.25, 0.3) is 0 Å². The maximum atomic E-state index is 12.4. The summed E-state index contributed by atoms with van der Waals surface area (Å²) in [4.78, 5) is 35.1. The van der Waals surface area contributed by atoms with Crippen LogP contribution >= 0.6 is 0 Å². The van der Waals surface area contributed by atoms with E-state index >= 15 is 0 Å². The first kappa shape index (κ1) is 27.0. The van der Waals surface area contributed by atoms with Crippen molar-refractivity contribution in [3.8, 4) is 0 Å². The maximum absolute atomic E-state index is 12.4. The van der Waals surface area contributed by atoms with Crippen LogP contribution < -0.4 is 5.73 Å². The van der Waals surface area contributed by atoms with Crippen molar-refractivity contribution < 1.29 is 24.2 Å². The van der Waals surface area contributed by atoms with Crippen LogP contribution in [0.25, 0.3) is 0 Å². The Bertz CT molecular complexity index is 542. The number of amides is 2. The van der Waals surface area contributed by atoms with E-state index < -0.39 is 23.7 Å². The van der Waals surface area contributed by atoms with Gasteiger partial charge in [-0.15, -0.1) is 6.58 Å². The predicted molar refractivity (Wildman–Crippen MR) is 114 cm³/mol. The largest absolute Gasteiger partial charge is 0.480 e. The number of nitrogens with zero attached hydrogens (tertiary/aromatic N) is 1. The fourth-order valence-electron chi connectivity index (χ4n) is 3.47. The lowest BCUT2D eigenvalue weighted by atomic mass is 9.88. The van der Waals surface area contributed by atoms with Crippen LogP contribution in [-0.4, -0.2) is 46.2 Å². The van der Waals surface area contributed by atoms with Gasteiger partial charge in [-0.25, -0.2) is 9.59 Å². The first-order chi connectivity index (χ1) is 13.4. The molecule has 3 N–H and O–H groups in total. The highest BCUT2D eigenvalue weighted by molar-refractivity contribution is 5.84. The van der Waals surface area contributed by atoms with E-state index in [0.717, 1.165) is 32.1 Å². The summed E-state index contributed by atoms with van der Waals surface area (Å²) in [7, 11) is 0. The number of primary amides is 1. The van der Waals surface area contributed by atoms with Crippen LogP contribution in [0, 0.1) is 11.8 Å². The second-order valence-corrected chi connectivity index (χ2v) is 8.80. The number of hydrogen-bond donors (Lipinski definition) is 2. The normalized spacial score (nSPS) is 18.2. The number of hydrogen-bond acceptors (Lipinski definition) is 4. The summed E-state index contributed by atoms with van der Waals surface area (Å²) in [5.41, 5.74) is 4.26. The highest BCUT2D eigenvalue weighted by Crippen LogP contribution is 2.26. The summed E-state index contributed by atoms with van der Waals surface area (Å²) in [6.45, 7) is 13.9. The molecule has 1 aliphatic heterocycles. The van der Waals surface area contributed by atoms with Gasteiger partial charge in [-0.3, -0.25) is 4.79 Å². The zero-order valence-electron chi connectivity index (χ0n) is 18.8. The number of allylic oxidation sites excluding steroid dienone is 1. The van der Waals surface area contributed by atoms with Gasteiger partial charge in [0.2, 0.25) is 5.91 Å². The quantitative estimate of drug-likeness (QED) is 0.547. The molecule has 1 fully saturated rings. The standard InChI is InChI=1S/C17H29NO3.C5H11NO2/c1-4-6-8-13(3)11-14(5-2)12-16(19)18-10-7-9-15(18)17(20)21;1-5(2,3)8-4(6)7/h4,13-15H,1,5-12H2,2-3H3,(H,20,21);1-3H3,(H2,6,7). The summed E-state index contributed by atoms with van der Waals surface area (Å²) >= 11 is 0. The number of carbonyl (C=O) groups is 3. The monoisotopic (exact) mass is 412 g/mol. The van der Waals surface area contributed by atoms with Gasteiger partial charge in [-0.05, 0) is 64.7 Å². The summed E-state index contributed by atoms with van der Waals surface area (Å²) in [5.74, 6) is 0.0814. The lowest BCUT2D eigenvalue weighted by Crippen LogP contribution is -2.41. The first-order valence-electron chi connectivity index (χ1n) is 10.5. The van der Waals surface area contributed by atoms with Gasteiger partial charge in [0.15, 0.2) is 0 Å². The Morgan fingerprint density at radius 1 is 1.34 bits per heavy atom. The van der Waals surface area contributed by atoms with E-state index in [1.807, 2.05) is 6.08 Å². The number of likely N-dealkylation sites (tertiary alicyclic amines) is 1. The van der Waals surface area contributed by atoms with E-state index in [1.165, 1.54) is 0 Å². The van der Waals surface area contributed by atoms with Crippen molar-refractivity contribution in [3.05, 3.63) is 12.7 Å². The molecule has 1 aliphatic rings. The minimum Gasteiger partial charge on any atom is -0.480 e. The third-order valence-electron chi connectivity index (χ3n) is 4.90. The molecule has 7 heteroatoms. The third-order valence-corrected chi connectivity index (χ3v) is 4.90. The number of ether oxygens (including phenoxy) is 1. The summed E-state index contributed by atoms with van der Waals surface area (Å²) in [6.07, 6.45) is 7.20. The predicted octanol–water partition coefficient (Wildman–Crippen LogP) is 4.35. The van der Waals surface area contributed by atoms with Crippen molar-refractivity contribution in [2.45, 2.75) is 91.2 Å². The molecule has 3 unspecified atom stereocenters. The number of carboxylic acid groups (broad SMARTS) is 1. The lowest BCUT2D eigenvalue weighted by Gasteiger charge is -2.25. The fraction of sp³-hybridized carbons (Fsp3) is 0.773. The fourth-order valence-corrected chi connectivity index (χ4v) is 3.47. The molecule has 2 amide bonds. The number of nitrogens with two attached hydrogens (primary N) is 1. The van der Waals surface area contributed by atoms with Gasteiger partial charge in [-0.2, -0.15) is 0 Å². The Labute approximate surface area is 175 Å². The highest BCUT2D eigenvalue weighted by atomic mass is 16.6. The second kappa shape index (κ2) is 13.2. The highest BCUT2D eigenvalue weighted by Gasteiger charge is 2.34. The zero-order valence-corrected chi connectivity index (χ0v) is 18.8. The molecule has 1 saturated heterocycles. The Balaban J connectivity index is 0.000000828. The average molecular weight is 413 g/mol. The molecule has 29 heavy (non-hydrogen) atoms. The van der Waals surface area contributed by atoms with Crippen LogP contribution in [0.1, 0.15) is 79.6 Å². The van der Waals surface area contributed by atoms with Crippen LogP contribution in [0.4, 0.5) is 4.79 Å². The van der Waals surface area contributed by atoms with Crippen molar-refractivity contribution in [2.75, 3.05) is 6.54 Å². The van der Waals surface area contributed by atoms with Crippen molar-refractivity contribution in [1.82, 2.24) is 4.90 Å². The SMILES string of the molecule is C=CCCC(C)CC(CC)CC(=O)N1CCCC1C(=O)O.CC(C)(C)OC(N)=O. The van der Waals surface area contributed by atoms with Crippen LogP contribution in [-0.2, 0) is 14.3 Å². The molecule has 1 rings (SSSR count). The number of aliphatic carboxylic acids is 1. The minimum atomic E-state index is -0.867. The Morgan fingerprint density at radius 2 is 1.97 bits per heavy atom. The molecule has 0 spiro atoms. The van der Waals surface area contributed by atoms with Gasteiger partial charge in [0, 0.05) is 13.0 Å². The topological polar surface area (TPSA) is 110 Å². The van der Waals surface area contributed by atoms with Crippen molar-refractivity contribution in [3.63, 3.8) is 0 Å². The molecule has 0 radical (unpaired) electrons. The van der Waals surface area contributed by atoms with Gasteiger partial charge in [0.1, 0.15) is 11.6 Å². The Morgan fingerprint density at radius 3 is 2.38 bits per heavy atom. The summed E-state index contributed by atoms with van der Waals surface area (Å²) in [6, 6.07) is -0.604. The van der Waals surface area contributed by atoms with Crippen molar-refractivity contribution >= 4 is 18.0 Å². The van der Waals surface area contributed by atoms with Gasteiger partial charge in [0.05, 0.1) is 0 Å². The van der Waals surface area contributed by atoms with E-state index in [9.17, 15) is 14.4 Å². The van der Waals surface area contributed by atoms with E-state index in [4.69, 9.17) is 10.8 Å². The molecule has 0 saturated carbocycles. The smallest absolute Gasteiger partial charge is 0.405 e. The van der Waals surface area contributed by atoms with Gasteiger partial charge >= 0.3 is 12.1 Å². The first-order valence-corrected chi connectivity index (χ1v) is 10.5. The van der Waals surface area contributed by atoms with E-state index in [-0.39, 0.29) is 5.91 Å². The van der Waals surface area contributed by atoms with E-state index in [0.29, 0.717) is 31.2 Å². The molecule has 1 heterocycles. The zero-order chi connectivity index (χ0) is 22.6. The molecule has 0 aromatic carbocycles. The van der Waals surface area contributed by atoms with Crippen LogP contribution in [0.15, 0.2) is 12.7 Å². The summed E-state index contributed by atoms with van der Waals surface area (Å²) in [5, 5.41) is 9.16. The molecule has 168 valence electrons.